The highest BCUT2D eigenvalue weighted by Gasteiger charge is 2.65. The van der Waals surface area contributed by atoms with Crippen LogP contribution in [-0.2, 0) is 0 Å². The van der Waals surface area contributed by atoms with Gasteiger partial charge in [0.2, 0.25) is 0 Å². The van der Waals surface area contributed by atoms with Gasteiger partial charge in [-0.15, -0.1) is 23.2 Å². The second-order valence-electron chi connectivity index (χ2n) is 16.9. The molecule has 9 rings (SSSR count). The molecule has 24 heteroatoms. The van der Waals surface area contributed by atoms with E-state index in [2.05, 4.69) is 266 Å². The van der Waals surface area contributed by atoms with Crippen LogP contribution in [0.3, 0.4) is 0 Å². The standard InChI is InChI=1S/C32H40Br14Cl2N8/c33-9-1-2(10(34)17(41)16(9)40)26-49-25(1)50-27-3-4(12(36)19(43)18(42)11(3)35)29(52-27)54-31-7-8(23(47)24(48)22(46)15(7)39)32(56-31)55-30-6-5(28(51-26)53-30)13(37)20(44)21(45)14(6)38/h1-32,49-56H. The van der Waals surface area contributed by atoms with Gasteiger partial charge in [0.25, 0.3) is 0 Å². The molecule has 8 N–H and O–H groups in total. The molecular weight excluding hydrogens is 1690 g/mol. The third kappa shape index (κ3) is 7.87. The molecule has 56 heavy (non-hydrogen) atoms. The fourth-order valence-electron chi connectivity index (χ4n) is 11.8. The van der Waals surface area contributed by atoms with Crippen molar-refractivity contribution in [1.29, 1.82) is 0 Å². The van der Waals surface area contributed by atoms with Crippen LogP contribution in [0.1, 0.15) is 0 Å². The Balaban J connectivity index is 1.15. The minimum Gasteiger partial charge on any atom is -0.286 e. The number of halogens is 16. The molecule has 32 unspecified atom stereocenters. The van der Waals surface area contributed by atoms with E-state index in [4.69, 9.17) is 23.2 Å². The first kappa shape index (κ1) is 48.0. The predicted molar refractivity (Wildman–Crippen MR) is 281 cm³/mol. The molecule has 0 aromatic heterocycles. The zero-order chi connectivity index (χ0) is 40.1. The van der Waals surface area contributed by atoms with Crippen molar-refractivity contribution < 1.29 is 0 Å². The molecule has 5 saturated heterocycles. The number of nitrogens with one attached hydrogen (secondary N) is 8. The highest BCUT2D eigenvalue weighted by atomic mass is 79.9. The van der Waals surface area contributed by atoms with Crippen molar-refractivity contribution in [1.82, 2.24) is 42.5 Å². The zero-order valence-electron chi connectivity index (χ0n) is 28.5. The summed E-state index contributed by atoms with van der Waals surface area (Å²) >= 11 is 72.7. The Morgan fingerprint density at radius 1 is 0.196 bits per heavy atom. The van der Waals surface area contributed by atoms with Gasteiger partial charge in [-0.2, -0.15) is 0 Å². The molecule has 5 aliphatic heterocycles. The molecule has 0 amide bonds. The predicted octanol–water partition coefficient (Wildman–Crippen LogP) is 8.27. The molecule has 0 aromatic rings. The van der Waals surface area contributed by atoms with Gasteiger partial charge in [0.05, 0.1) is 60.1 Å². The Hall–Kier alpha value is 6.98. The Labute approximate surface area is 456 Å². The van der Waals surface area contributed by atoms with Crippen molar-refractivity contribution in [3.63, 3.8) is 0 Å². The average Bonchev–Trinajstić information content (AvgIpc) is 3.92. The maximum absolute atomic E-state index is 7.47. The summed E-state index contributed by atoms with van der Waals surface area (Å²) in [6.07, 6.45) is -0.271. The fraction of sp³-hybridized carbons (Fsp3) is 1.00. The molecular formula is C32H40Br14Cl2N8. The van der Waals surface area contributed by atoms with E-state index in [1.807, 2.05) is 0 Å². The third-order valence-corrected chi connectivity index (χ3v) is 39.2. The minimum absolute atomic E-state index is 0.00121. The highest BCUT2D eigenvalue weighted by Crippen LogP contribution is 2.55. The lowest BCUT2D eigenvalue weighted by atomic mass is 9.75. The molecule has 5 heterocycles. The average molecular weight is 1730 g/mol. The summed E-state index contributed by atoms with van der Waals surface area (Å²) in [7, 11) is 0. The smallest absolute Gasteiger partial charge is 0.0643 e. The molecule has 9 aliphatic rings. The summed E-state index contributed by atoms with van der Waals surface area (Å²) in [5.74, 6) is 1.61. The van der Waals surface area contributed by atoms with Gasteiger partial charge >= 0.3 is 0 Å². The molecule has 0 radical (unpaired) electrons. The topological polar surface area (TPSA) is 96.2 Å². The normalized spacial score (nSPS) is 66.0. The van der Waals surface area contributed by atoms with Crippen molar-refractivity contribution in [2.24, 2.45) is 47.3 Å². The zero-order valence-corrected chi connectivity index (χ0v) is 52.2. The van der Waals surface area contributed by atoms with Crippen LogP contribution in [0.5, 0.6) is 0 Å². The number of hydrogen-bond acceptors (Lipinski definition) is 8. The monoisotopic (exact) mass is 1710 g/mol. The van der Waals surface area contributed by atoms with Crippen LogP contribution in [0.2, 0.25) is 0 Å². The Morgan fingerprint density at radius 2 is 0.357 bits per heavy atom. The summed E-state index contributed by atoms with van der Waals surface area (Å²) < 4.78 is 0. The van der Waals surface area contributed by atoms with Crippen LogP contribution >= 0.6 is 246 Å². The van der Waals surface area contributed by atoms with E-state index in [0.29, 0.717) is 0 Å². The molecule has 8 bridgehead atoms. The van der Waals surface area contributed by atoms with Crippen LogP contribution in [-0.4, -0.2) is 128 Å². The first-order chi connectivity index (χ1) is 26.4. The number of hydrogen-bond donors (Lipinski definition) is 8. The third-order valence-electron chi connectivity index (χ3n) is 14.3. The lowest BCUT2D eigenvalue weighted by molar-refractivity contribution is 0.194. The van der Waals surface area contributed by atoms with Crippen molar-refractivity contribution in [2.45, 2.75) is 128 Å². The van der Waals surface area contributed by atoms with Crippen LogP contribution in [0.15, 0.2) is 0 Å². The van der Waals surface area contributed by atoms with Gasteiger partial charge in [0, 0.05) is 115 Å². The van der Waals surface area contributed by atoms with Gasteiger partial charge in [-0.3, -0.25) is 42.5 Å². The van der Waals surface area contributed by atoms with Crippen molar-refractivity contribution in [3.8, 4) is 0 Å². The SMILES string of the molecule is ClC1C(Cl)C2C3NC(NC4NC(NC5NC(NC6NC(N3)C3C(Br)C(Br)C(Br)C(Br)C63)C3C(Br)C(Br)C(Br)C(Br)C53)C3C(Br)C(Br)C(Br)C(Br)C43)C2C(Br)C1Br. The van der Waals surface area contributed by atoms with Crippen LogP contribution in [0.4, 0.5) is 0 Å². The summed E-state index contributed by atoms with van der Waals surface area (Å²) in [6.45, 7) is 0. The second-order valence-corrected chi connectivity index (χ2v) is 32.7. The Bertz CT molecular complexity index is 1180. The maximum Gasteiger partial charge on any atom is 0.0643 e. The molecule has 32 atom stereocenters. The molecule has 4 aliphatic carbocycles. The molecule has 9 fully saturated rings. The highest BCUT2D eigenvalue weighted by molar-refractivity contribution is 9.16. The van der Waals surface area contributed by atoms with E-state index in [1.165, 1.54) is 0 Å². The number of rotatable bonds is 0. The number of fused-ring (bicyclic) bond motifs is 20. The lowest BCUT2D eigenvalue weighted by Crippen LogP contribution is -2.62. The van der Waals surface area contributed by atoms with Crippen molar-refractivity contribution in [3.05, 3.63) is 0 Å². The van der Waals surface area contributed by atoms with Gasteiger partial charge < -0.3 is 0 Å². The quantitative estimate of drug-likeness (QED) is 0.115. The van der Waals surface area contributed by atoms with E-state index >= 15 is 0 Å². The summed E-state index contributed by atoms with van der Waals surface area (Å²) in [6, 6.07) is 0. The van der Waals surface area contributed by atoms with Crippen LogP contribution < -0.4 is 42.5 Å². The van der Waals surface area contributed by atoms with Crippen LogP contribution in [0.25, 0.3) is 0 Å². The van der Waals surface area contributed by atoms with Crippen molar-refractivity contribution in [2.75, 3.05) is 0 Å². The summed E-state index contributed by atoms with van der Waals surface area (Å²) in [5.41, 5.74) is 0. The van der Waals surface area contributed by atoms with Gasteiger partial charge in [0.1, 0.15) is 0 Å². The summed E-state index contributed by atoms with van der Waals surface area (Å²) in [5, 5.41) is 32.8. The Kier molecular flexibility index (Phi) is 16.0. The maximum atomic E-state index is 7.47. The van der Waals surface area contributed by atoms with E-state index < -0.39 is 0 Å². The van der Waals surface area contributed by atoms with Gasteiger partial charge in [-0.05, 0) is 0 Å². The first-order valence-electron chi connectivity index (χ1n) is 18.8. The van der Waals surface area contributed by atoms with Crippen LogP contribution in [0, 0.1) is 47.3 Å². The molecule has 8 nitrogen and oxygen atoms in total. The summed E-state index contributed by atoms with van der Waals surface area (Å²) in [4.78, 5) is 2.55. The molecule has 0 aromatic carbocycles. The molecule has 320 valence electrons. The second kappa shape index (κ2) is 18.7. The van der Waals surface area contributed by atoms with E-state index in [9.17, 15) is 0 Å². The molecule has 0 spiro atoms. The van der Waals surface area contributed by atoms with Crippen molar-refractivity contribution >= 4 is 246 Å². The largest absolute Gasteiger partial charge is 0.286 e. The Morgan fingerprint density at radius 3 is 0.571 bits per heavy atom. The fourth-order valence-corrected chi connectivity index (χ4v) is 27.0. The molecule has 4 saturated carbocycles. The van der Waals surface area contributed by atoms with Gasteiger partial charge in [-0.1, -0.05) is 223 Å². The number of alkyl halides is 16. The first-order valence-corrected chi connectivity index (χ1v) is 32.5. The van der Waals surface area contributed by atoms with E-state index in [0.717, 1.165) is 0 Å². The lowest BCUT2D eigenvalue weighted by Gasteiger charge is -2.47. The van der Waals surface area contributed by atoms with E-state index in [1.54, 1.807) is 0 Å². The van der Waals surface area contributed by atoms with E-state index in [-0.39, 0.29) is 175 Å². The van der Waals surface area contributed by atoms with Gasteiger partial charge in [0.15, 0.2) is 0 Å². The van der Waals surface area contributed by atoms with Gasteiger partial charge in [-0.25, -0.2) is 0 Å². The minimum atomic E-state index is -0.271.